The summed E-state index contributed by atoms with van der Waals surface area (Å²) >= 11 is 12.0. The third-order valence-electron chi connectivity index (χ3n) is 4.51. The summed E-state index contributed by atoms with van der Waals surface area (Å²) in [6.45, 7) is 0. The van der Waals surface area contributed by atoms with E-state index in [1.165, 1.54) is 24.4 Å². The lowest BCUT2D eigenvalue weighted by Gasteiger charge is -2.13. The molecule has 8 nitrogen and oxygen atoms in total. The lowest BCUT2D eigenvalue weighted by molar-refractivity contribution is -0.384. The number of rotatable bonds is 7. The van der Waals surface area contributed by atoms with Crippen LogP contribution in [0.2, 0.25) is 10.0 Å². The number of nitro benzene ring substituents is 1. The Morgan fingerprint density at radius 3 is 2.61 bits per heavy atom. The number of aromatic nitrogens is 1. The maximum atomic E-state index is 12.8. The first-order chi connectivity index (χ1) is 14.9. The number of para-hydroxylation sites is 2. The zero-order valence-electron chi connectivity index (χ0n) is 16.0. The Bertz CT molecular complexity index is 1170. The Hall–Kier alpha value is -3.36. The van der Waals surface area contributed by atoms with Crippen LogP contribution in [0, 0.1) is 10.1 Å². The molecule has 0 atom stereocenters. The van der Waals surface area contributed by atoms with Crippen LogP contribution in [-0.2, 0) is 0 Å². The van der Waals surface area contributed by atoms with Crippen molar-refractivity contribution in [2.45, 2.75) is 18.9 Å². The second-order valence-corrected chi connectivity index (χ2v) is 7.74. The summed E-state index contributed by atoms with van der Waals surface area (Å²) in [6.07, 6.45) is 3.34. The van der Waals surface area contributed by atoms with E-state index in [9.17, 15) is 14.9 Å². The van der Waals surface area contributed by atoms with E-state index in [4.69, 9.17) is 27.9 Å². The number of amides is 1. The van der Waals surface area contributed by atoms with Gasteiger partial charge in [0, 0.05) is 23.9 Å². The number of carbonyl (C=O) groups excluding carboxylic acids is 1. The van der Waals surface area contributed by atoms with E-state index in [1.807, 2.05) is 0 Å². The highest BCUT2D eigenvalue weighted by atomic mass is 35.5. The second kappa shape index (κ2) is 8.79. The van der Waals surface area contributed by atoms with Crippen molar-refractivity contribution in [2.24, 2.45) is 0 Å². The summed E-state index contributed by atoms with van der Waals surface area (Å²) in [6, 6.07) is 12.8. The number of nitrogens with one attached hydrogen (secondary N) is 2. The van der Waals surface area contributed by atoms with Crippen LogP contribution in [0.1, 0.15) is 23.2 Å². The molecule has 2 aromatic carbocycles. The van der Waals surface area contributed by atoms with Crippen LogP contribution in [0.25, 0.3) is 0 Å². The van der Waals surface area contributed by atoms with Gasteiger partial charge in [-0.1, -0.05) is 35.3 Å². The number of pyridine rings is 1. The van der Waals surface area contributed by atoms with Gasteiger partial charge in [0.2, 0.25) is 5.88 Å². The van der Waals surface area contributed by atoms with Crippen molar-refractivity contribution in [2.75, 3.05) is 10.6 Å². The van der Waals surface area contributed by atoms with E-state index in [0.717, 1.165) is 12.8 Å². The van der Waals surface area contributed by atoms with Crippen molar-refractivity contribution in [3.8, 4) is 11.6 Å². The van der Waals surface area contributed by atoms with Crippen molar-refractivity contribution < 1.29 is 14.5 Å². The smallest absolute Gasteiger partial charge is 0.293 e. The number of benzene rings is 2. The lowest BCUT2D eigenvalue weighted by Crippen LogP contribution is -2.13. The monoisotopic (exact) mass is 458 g/mol. The number of nitrogens with zero attached hydrogens (tertiary/aromatic N) is 2. The molecule has 1 amide bonds. The summed E-state index contributed by atoms with van der Waals surface area (Å²) in [5.74, 6) is -0.0970. The van der Waals surface area contributed by atoms with Gasteiger partial charge in [-0.3, -0.25) is 14.9 Å². The molecule has 4 rings (SSSR count). The molecule has 1 aromatic heterocycles. The van der Waals surface area contributed by atoms with Gasteiger partial charge >= 0.3 is 0 Å². The molecule has 0 aliphatic heterocycles. The number of hydrogen-bond acceptors (Lipinski definition) is 6. The van der Waals surface area contributed by atoms with Crippen LogP contribution in [0.5, 0.6) is 11.6 Å². The third kappa shape index (κ3) is 5.04. The van der Waals surface area contributed by atoms with E-state index < -0.39 is 10.8 Å². The number of carbonyl (C=O) groups is 1. The number of anilines is 2. The van der Waals surface area contributed by atoms with Crippen LogP contribution in [-0.4, -0.2) is 21.9 Å². The minimum Gasteiger partial charge on any atom is -0.435 e. The normalized spacial score (nSPS) is 12.8. The molecule has 0 radical (unpaired) electrons. The van der Waals surface area contributed by atoms with Gasteiger partial charge in [0.15, 0.2) is 5.75 Å². The maximum Gasteiger partial charge on any atom is 0.293 e. The van der Waals surface area contributed by atoms with Gasteiger partial charge in [-0.05, 0) is 43.2 Å². The largest absolute Gasteiger partial charge is 0.435 e. The molecule has 2 N–H and O–H groups in total. The van der Waals surface area contributed by atoms with Crippen LogP contribution < -0.4 is 15.4 Å². The molecule has 3 aromatic rings. The van der Waals surface area contributed by atoms with E-state index in [1.54, 1.807) is 30.3 Å². The number of ether oxygens (including phenoxy) is 1. The van der Waals surface area contributed by atoms with Crippen LogP contribution in [0.15, 0.2) is 54.7 Å². The van der Waals surface area contributed by atoms with Crippen LogP contribution in [0.4, 0.5) is 17.1 Å². The van der Waals surface area contributed by atoms with Gasteiger partial charge < -0.3 is 15.4 Å². The molecule has 1 heterocycles. The van der Waals surface area contributed by atoms with Gasteiger partial charge in [-0.15, -0.1) is 0 Å². The number of halogens is 2. The molecule has 1 fully saturated rings. The van der Waals surface area contributed by atoms with E-state index in [2.05, 4.69) is 15.6 Å². The van der Waals surface area contributed by atoms with Gasteiger partial charge in [-0.2, -0.15) is 0 Å². The standard InChI is InChI=1S/C21H16Cl2N4O4/c22-13-10-15(23)21(24-11-13)31-19-4-2-1-3-17(19)26-20(28)12-5-8-16(25-14-6-7-14)18(9-12)27(29)30/h1-5,8-11,14,25H,6-7H2,(H,26,28). The van der Waals surface area contributed by atoms with Crippen LogP contribution in [0.3, 0.4) is 0 Å². The van der Waals surface area contributed by atoms with E-state index in [0.29, 0.717) is 22.1 Å². The fraction of sp³-hybridized carbons (Fsp3) is 0.143. The Morgan fingerprint density at radius 2 is 1.90 bits per heavy atom. The average molecular weight is 459 g/mol. The van der Waals surface area contributed by atoms with Crippen molar-refractivity contribution in [3.05, 3.63) is 80.5 Å². The van der Waals surface area contributed by atoms with Gasteiger partial charge in [0.1, 0.15) is 10.7 Å². The minimum absolute atomic E-state index is 0.124. The molecule has 10 heteroatoms. The molecule has 31 heavy (non-hydrogen) atoms. The predicted octanol–water partition coefficient (Wildman–Crippen LogP) is 5.92. The first kappa shape index (κ1) is 20.9. The van der Waals surface area contributed by atoms with Gasteiger partial charge in [-0.25, -0.2) is 4.98 Å². The summed E-state index contributed by atoms with van der Waals surface area (Å²) in [5, 5.41) is 17.8. The SMILES string of the molecule is O=C(Nc1ccccc1Oc1ncc(Cl)cc1Cl)c1ccc(NC2CC2)c([N+](=O)[O-])c1. The number of hydrogen-bond donors (Lipinski definition) is 2. The zero-order valence-corrected chi connectivity index (χ0v) is 17.5. The van der Waals surface area contributed by atoms with E-state index in [-0.39, 0.29) is 28.2 Å². The summed E-state index contributed by atoms with van der Waals surface area (Å²) in [7, 11) is 0. The molecule has 1 saturated carbocycles. The maximum absolute atomic E-state index is 12.8. The Morgan fingerprint density at radius 1 is 1.13 bits per heavy atom. The molecule has 0 unspecified atom stereocenters. The highest BCUT2D eigenvalue weighted by Crippen LogP contribution is 2.34. The Balaban J connectivity index is 1.56. The molecule has 0 bridgehead atoms. The molecule has 1 aliphatic carbocycles. The zero-order chi connectivity index (χ0) is 22.0. The summed E-state index contributed by atoms with van der Waals surface area (Å²) in [4.78, 5) is 27.8. The molecular weight excluding hydrogens is 443 g/mol. The topological polar surface area (TPSA) is 106 Å². The average Bonchev–Trinajstić information content (AvgIpc) is 3.55. The molecule has 1 aliphatic rings. The summed E-state index contributed by atoms with van der Waals surface area (Å²) in [5.41, 5.74) is 0.742. The predicted molar refractivity (Wildman–Crippen MR) is 118 cm³/mol. The Kier molecular flexibility index (Phi) is 5.92. The number of nitro groups is 1. The first-order valence-corrected chi connectivity index (χ1v) is 10.1. The molecular formula is C21H16Cl2N4O4. The summed E-state index contributed by atoms with van der Waals surface area (Å²) < 4.78 is 5.73. The highest BCUT2D eigenvalue weighted by Gasteiger charge is 2.25. The third-order valence-corrected chi connectivity index (χ3v) is 4.99. The fourth-order valence-corrected chi connectivity index (χ4v) is 3.25. The highest BCUT2D eigenvalue weighted by molar-refractivity contribution is 6.35. The second-order valence-electron chi connectivity index (χ2n) is 6.90. The van der Waals surface area contributed by atoms with E-state index >= 15 is 0 Å². The van der Waals surface area contributed by atoms with Gasteiger partial charge in [0.05, 0.1) is 15.6 Å². The first-order valence-electron chi connectivity index (χ1n) is 9.35. The lowest BCUT2D eigenvalue weighted by atomic mass is 10.1. The quantitative estimate of drug-likeness (QED) is 0.336. The van der Waals surface area contributed by atoms with Crippen molar-refractivity contribution >= 4 is 46.2 Å². The van der Waals surface area contributed by atoms with Crippen LogP contribution >= 0.6 is 23.2 Å². The fourth-order valence-electron chi connectivity index (χ4n) is 2.83. The van der Waals surface area contributed by atoms with Crippen molar-refractivity contribution in [3.63, 3.8) is 0 Å². The molecule has 0 spiro atoms. The Labute approximate surface area is 187 Å². The van der Waals surface area contributed by atoms with Gasteiger partial charge in [0.25, 0.3) is 11.6 Å². The minimum atomic E-state index is -0.521. The molecule has 0 saturated heterocycles. The van der Waals surface area contributed by atoms with Crippen molar-refractivity contribution in [1.82, 2.24) is 4.98 Å². The van der Waals surface area contributed by atoms with Crippen molar-refractivity contribution in [1.29, 1.82) is 0 Å². The molecule has 158 valence electrons.